The number of alkyl halides is 2. The molecule has 0 fully saturated rings. The maximum Gasteiger partial charge on any atom is 0.298 e. The first kappa shape index (κ1) is 10.8. The highest BCUT2D eigenvalue weighted by Crippen LogP contribution is 2.30. The summed E-state index contributed by atoms with van der Waals surface area (Å²) in [6, 6.07) is 0.880. The molecule has 1 heterocycles. The topological polar surface area (TPSA) is 56.0 Å². The fourth-order valence-corrected chi connectivity index (χ4v) is 1.04. The van der Waals surface area contributed by atoms with E-state index in [2.05, 4.69) is 4.98 Å². The van der Waals surface area contributed by atoms with Crippen LogP contribution in [0, 0.1) is 17.0 Å². The summed E-state index contributed by atoms with van der Waals surface area (Å²) >= 11 is 5.52. The number of rotatable bonds is 2. The van der Waals surface area contributed by atoms with Gasteiger partial charge in [0, 0.05) is 6.07 Å². The van der Waals surface area contributed by atoms with E-state index in [4.69, 9.17) is 11.6 Å². The Balaban J connectivity index is 3.39. The highest BCUT2D eigenvalue weighted by Gasteiger charge is 2.24. The second-order valence-corrected chi connectivity index (χ2v) is 2.92. The van der Waals surface area contributed by atoms with Crippen LogP contribution in [0.3, 0.4) is 0 Å². The maximum absolute atomic E-state index is 12.3. The standard InChI is InChI=1S/C7H5ClF2N2O2/c1-3-4(8)2-5(12(13)14)6(11-3)7(9)10/h2,7H,1H3. The fourth-order valence-electron chi connectivity index (χ4n) is 0.897. The molecule has 14 heavy (non-hydrogen) atoms. The summed E-state index contributed by atoms with van der Waals surface area (Å²) < 4.78 is 24.6. The summed E-state index contributed by atoms with van der Waals surface area (Å²) in [7, 11) is 0. The number of halogens is 3. The number of hydrogen-bond donors (Lipinski definition) is 0. The molecule has 1 rings (SSSR count). The largest absolute Gasteiger partial charge is 0.298 e. The molecule has 0 aliphatic carbocycles. The zero-order valence-corrected chi connectivity index (χ0v) is 7.76. The molecule has 0 atom stereocenters. The van der Waals surface area contributed by atoms with Crippen LogP contribution < -0.4 is 0 Å². The minimum Gasteiger partial charge on any atom is -0.258 e. The van der Waals surface area contributed by atoms with Gasteiger partial charge in [0.1, 0.15) is 0 Å². The van der Waals surface area contributed by atoms with Crippen LogP contribution in [0.4, 0.5) is 14.5 Å². The Bertz CT molecular complexity index is 384. The zero-order valence-electron chi connectivity index (χ0n) is 7.00. The Kier molecular flexibility index (Phi) is 2.95. The Labute approximate surface area is 82.7 Å². The highest BCUT2D eigenvalue weighted by molar-refractivity contribution is 6.31. The van der Waals surface area contributed by atoms with Gasteiger partial charge in [-0.1, -0.05) is 11.6 Å². The molecule has 0 aliphatic heterocycles. The molecule has 0 amide bonds. The molecule has 0 N–H and O–H groups in total. The van der Waals surface area contributed by atoms with Crippen molar-refractivity contribution in [2.45, 2.75) is 13.3 Å². The van der Waals surface area contributed by atoms with Crippen LogP contribution in [0.5, 0.6) is 0 Å². The molecule has 0 spiro atoms. The van der Waals surface area contributed by atoms with Gasteiger partial charge in [0.2, 0.25) is 0 Å². The first-order valence-corrected chi connectivity index (χ1v) is 3.91. The summed E-state index contributed by atoms with van der Waals surface area (Å²) in [6.07, 6.45) is -2.98. The van der Waals surface area contributed by atoms with Gasteiger partial charge in [-0.2, -0.15) is 0 Å². The van der Waals surface area contributed by atoms with Crippen LogP contribution in [0.15, 0.2) is 6.07 Å². The van der Waals surface area contributed by atoms with Crippen molar-refractivity contribution >= 4 is 17.3 Å². The number of aryl methyl sites for hydroxylation is 1. The number of hydrogen-bond acceptors (Lipinski definition) is 3. The molecule has 0 aliphatic rings. The van der Waals surface area contributed by atoms with E-state index < -0.39 is 22.7 Å². The molecule has 0 bridgehead atoms. The van der Waals surface area contributed by atoms with Crippen LogP contribution >= 0.6 is 11.6 Å². The number of nitrogens with zero attached hydrogens (tertiary/aromatic N) is 2. The molecule has 7 heteroatoms. The van der Waals surface area contributed by atoms with Crippen molar-refractivity contribution in [2.24, 2.45) is 0 Å². The first-order valence-electron chi connectivity index (χ1n) is 3.53. The third-order valence-electron chi connectivity index (χ3n) is 1.56. The molecular formula is C7H5ClF2N2O2. The predicted molar refractivity (Wildman–Crippen MR) is 45.6 cm³/mol. The lowest BCUT2D eigenvalue weighted by Crippen LogP contribution is -2.01. The van der Waals surface area contributed by atoms with Crippen molar-refractivity contribution < 1.29 is 13.7 Å². The first-order chi connectivity index (χ1) is 6.43. The van der Waals surface area contributed by atoms with Gasteiger partial charge in [0.15, 0.2) is 5.69 Å². The van der Waals surface area contributed by atoms with E-state index >= 15 is 0 Å². The quantitative estimate of drug-likeness (QED) is 0.571. The van der Waals surface area contributed by atoms with Gasteiger partial charge in [0.25, 0.3) is 12.1 Å². The van der Waals surface area contributed by atoms with Crippen LogP contribution in [-0.4, -0.2) is 9.91 Å². The van der Waals surface area contributed by atoms with Crippen LogP contribution in [0.25, 0.3) is 0 Å². The van der Waals surface area contributed by atoms with Crippen LogP contribution in [0.2, 0.25) is 5.02 Å². The predicted octanol–water partition coefficient (Wildman–Crippen LogP) is 2.89. The fraction of sp³-hybridized carbons (Fsp3) is 0.286. The molecule has 0 aromatic carbocycles. The number of aromatic nitrogens is 1. The van der Waals surface area contributed by atoms with Crippen molar-refractivity contribution in [3.05, 3.63) is 32.6 Å². The normalized spacial score (nSPS) is 10.6. The van der Waals surface area contributed by atoms with Crippen molar-refractivity contribution in [1.82, 2.24) is 4.98 Å². The smallest absolute Gasteiger partial charge is 0.258 e. The van der Waals surface area contributed by atoms with E-state index in [0.717, 1.165) is 6.07 Å². The summed E-state index contributed by atoms with van der Waals surface area (Å²) in [5, 5.41) is 10.4. The van der Waals surface area contributed by atoms with Crippen LogP contribution in [0.1, 0.15) is 17.8 Å². The van der Waals surface area contributed by atoms with Crippen molar-refractivity contribution in [3.63, 3.8) is 0 Å². The average Bonchev–Trinajstić information content (AvgIpc) is 2.08. The Morgan fingerprint density at radius 2 is 2.21 bits per heavy atom. The van der Waals surface area contributed by atoms with E-state index in [0.29, 0.717) is 0 Å². The highest BCUT2D eigenvalue weighted by atomic mass is 35.5. The third kappa shape index (κ3) is 1.95. The number of nitro groups is 1. The van der Waals surface area contributed by atoms with Gasteiger partial charge in [-0.3, -0.25) is 10.1 Å². The van der Waals surface area contributed by atoms with Crippen LogP contribution in [-0.2, 0) is 0 Å². The van der Waals surface area contributed by atoms with Gasteiger partial charge >= 0.3 is 0 Å². The maximum atomic E-state index is 12.3. The lowest BCUT2D eigenvalue weighted by atomic mass is 10.2. The Morgan fingerprint density at radius 3 is 2.64 bits per heavy atom. The summed E-state index contributed by atoms with van der Waals surface area (Å²) in [5.41, 5.74) is -1.46. The molecule has 0 unspecified atom stereocenters. The minimum absolute atomic E-state index is 0.00102. The molecule has 76 valence electrons. The van der Waals surface area contributed by atoms with E-state index in [1.54, 1.807) is 0 Å². The van der Waals surface area contributed by atoms with Gasteiger partial charge < -0.3 is 0 Å². The minimum atomic E-state index is -2.98. The summed E-state index contributed by atoms with van der Waals surface area (Å²) in [5.74, 6) is 0. The summed E-state index contributed by atoms with van der Waals surface area (Å²) in [6.45, 7) is 1.40. The summed E-state index contributed by atoms with van der Waals surface area (Å²) in [4.78, 5) is 12.8. The zero-order chi connectivity index (χ0) is 10.9. The van der Waals surface area contributed by atoms with Crippen molar-refractivity contribution in [2.75, 3.05) is 0 Å². The molecule has 0 radical (unpaired) electrons. The van der Waals surface area contributed by atoms with E-state index in [9.17, 15) is 18.9 Å². The Morgan fingerprint density at radius 1 is 1.64 bits per heavy atom. The average molecular weight is 223 g/mol. The lowest BCUT2D eigenvalue weighted by Gasteiger charge is -2.03. The molecule has 1 aromatic heterocycles. The van der Waals surface area contributed by atoms with E-state index in [-0.39, 0.29) is 10.7 Å². The third-order valence-corrected chi connectivity index (χ3v) is 1.95. The van der Waals surface area contributed by atoms with Gasteiger partial charge in [-0.05, 0) is 6.92 Å². The molecule has 0 saturated heterocycles. The van der Waals surface area contributed by atoms with Gasteiger partial charge in [-0.25, -0.2) is 13.8 Å². The molecular weight excluding hydrogens is 218 g/mol. The SMILES string of the molecule is Cc1nc(C(F)F)c([N+](=O)[O-])cc1Cl. The van der Waals surface area contributed by atoms with Crippen molar-refractivity contribution in [3.8, 4) is 0 Å². The second-order valence-electron chi connectivity index (χ2n) is 2.52. The molecule has 4 nitrogen and oxygen atoms in total. The van der Waals surface area contributed by atoms with Gasteiger partial charge in [0.05, 0.1) is 15.6 Å². The van der Waals surface area contributed by atoms with E-state index in [1.807, 2.05) is 0 Å². The monoisotopic (exact) mass is 222 g/mol. The Hall–Kier alpha value is -1.30. The molecule has 0 saturated carbocycles. The molecule has 1 aromatic rings. The second kappa shape index (κ2) is 3.83. The van der Waals surface area contributed by atoms with Gasteiger partial charge in [-0.15, -0.1) is 0 Å². The van der Waals surface area contributed by atoms with Crippen molar-refractivity contribution in [1.29, 1.82) is 0 Å². The number of pyridine rings is 1. The van der Waals surface area contributed by atoms with E-state index in [1.165, 1.54) is 6.92 Å². The lowest BCUT2D eigenvalue weighted by molar-refractivity contribution is -0.386.